The fourth-order valence-electron chi connectivity index (χ4n) is 2.26. The molecule has 1 atom stereocenters. The standard InChI is InChI=1S/C11H18N2O/c1-2-4-11-12-7-10-9(8-14)5-3-6-13(10)11/h7,9,14H,2-6,8H2,1H3. The highest BCUT2D eigenvalue weighted by Crippen LogP contribution is 2.27. The SMILES string of the molecule is CCCc1ncc2n1CCCC2CO. The van der Waals surface area contributed by atoms with Crippen molar-refractivity contribution in [2.45, 2.75) is 45.1 Å². The van der Waals surface area contributed by atoms with Crippen LogP contribution in [0.1, 0.15) is 43.6 Å². The van der Waals surface area contributed by atoms with E-state index in [9.17, 15) is 5.11 Å². The summed E-state index contributed by atoms with van der Waals surface area (Å²) in [5, 5.41) is 9.24. The summed E-state index contributed by atoms with van der Waals surface area (Å²) in [6, 6.07) is 0. The average Bonchev–Trinajstić information content (AvgIpc) is 2.62. The second-order valence-corrected chi connectivity index (χ2v) is 4.02. The van der Waals surface area contributed by atoms with Gasteiger partial charge in [-0.05, 0) is 19.3 Å². The average molecular weight is 194 g/mol. The Morgan fingerprint density at radius 1 is 1.64 bits per heavy atom. The number of aryl methyl sites for hydroxylation is 1. The summed E-state index contributed by atoms with van der Waals surface area (Å²) in [6.45, 7) is 3.52. The zero-order chi connectivity index (χ0) is 9.97. The number of hydrogen-bond acceptors (Lipinski definition) is 2. The molecule has 0 aromatic carbocycles. The Bertz CT molecular complexity index is 306. The smallest absolute Gasteiger partial charge is 0.108 e. The Labute approximate surface area is 84.8 Å². The zero-order valence-corrected chi connectivity index (χ0v) is 8.74. The molecule has 0 fully saturated rings. The monoisotopic (exact) mass is 194 g/mol. The Kier molecular flexibility index (Phi) is 2.87. The third-order valence-corrected chi connectivity index (χ3v) is 3.02. The molecule has 0 radical (unpaired) electrons. The van der Waals surface area contributed by atoms with Gasteiger partial charge in [-0.3, -0.25) is 0 Å². The molecule has 1 aromatic heterocycles. The maximum atomic E-state index is 9.24. The second-order valence-electron chi connectivity index (χ2n) is 4.02. The first kappa shape index (κ1) is 9.71. The minimum Gasteiger partial charge on any atom is -0.396 e. The van der Waals surface area contributed by atoms with E-state index in [0.29, 0.717) is 5.92 Å². The normalized spacial score (nSPS) is 20.9. The summed E-state index contributed by atoms with van der Waals surface area (Å²) >= 11 is 0. The minimum absolute atomic E-state index is 0.261. The summed E-state index contributed by atoms with van der Waals surface area (Å²) in [4.78, 5) is 4.44. The van der Waals surface area contributed by atoms with Crippen molar-refractivity contribution in [2.24, 2.45) is 0 Å². The summed E-state index contributed by atoms with van der Waals surface area (Å²) in [5.74, 6) is 1.52. The van der Waals surface area contributed by atoms with E-state index in [4.69, 9.17) is 0 Å². The third kappa shape index (κ3) is 1.57. The van der Waals surface area contributed by atoms with Gasteiger partial charge < -0.3 is 9.67 Å². The number of imidazole rings is 1. The molecule has 2 heterocycles. The van der Waals surface area contributed by atoms with E-state index < -0.39 is 0 Å². The Hall–Kier alpha value is -0.830. The van der Waals surface area contributed by atoms with Gasteiger partial charge in [-0.25, -0.2) is 4.98 Å². The lowest BCUT2D eigenvalue weighted by molar-refractivity contribution is 0.240. The number of nitrogens with zero attached hydrogens (tertiary/aromatic N) is 2. The molecule has 1 aliphatic rings. The molecule has 1 aliphatic heterocycles. The highest BCUT2D eigenvalue weighted by atomic mass is 16.3. The minimum atomic E-state index is 0.261. The second kappa shape index (κ2) is 4.13. The van der Waals surface area contributed by atoms with Gasteiger partial charge >= 0.3 is 0 Å². The van der Waals surface area contributed by atoms with Gasteiger partial charge in [0.1, 0.15) is 5.82 Å². The van der Waals surface area contributed by atoms with Crippen molar-refractivity contribution in [1.29, 1.82) is 0 Å². The number of hydrogen-bond donors (Lipinski definition) is 1. The molecule has 1 unspecified atom stereocenters. The molecule has 1 N–H and O–H groups in total. The molecule has 0 aliphatic carbocycles. The van der Waals surface area contributed by atoms with Crippen molar-refractivity contribution in [3.05, 3.63) is 17.7 Å². The number of aliphatic hydroxyl groups excluding tert-OH is 1. The van der Waals surface area contributed by atoms with Crippen molar-refractivity contribution in [3.8, 4) is 0 Å². The summed E-state index contributed by atoms with van der Waals surface area (Å²) in [5.41, 5.74) is 1.24. The molecule has 0 saturated heterocycles. The van der Waals surface area contributed by atoms with Crippen LogP contribution in [0.15, 0.2) is 6.20 Å². The lowest BCUT2D eigenvalue weighted by Crippen LogP contribution is -2.19. The fraction of sp³-hybridized carbons (Fsp3) is 0.727. The van der Waals surface area contributed by atoms with Crippen molar-refractivity contribution in [1.82, 2.24) is 9.55 Å². The van der Waals surface area contributed by atoms with Gasteiger partial charge in [0.2, 0.25) is 0 Å². The van der Waals surface area contributed by atoms with E-state index in [1.807, 2.05) is 6.20 Å². The summed E-state index contributed by atoms with van der Waals surface area (Å²) < 4.78 is 2.30. The maximum Gasteiger partial charge on any atom is 0.108 e. The quantitative estimate of drug-likeness (QED) is 0.795. The van der Waals surface area contributed by atoms with E-state index in [2.05, 4.69) is 16.5 Å². The molecular weight excluding hydrogens is 176 g/mol. The number of rotatable bonds is 3. The molecule has 78 valence electrons. The molecule has 2 rings (SSSR count). The first-order valence-corrected chi connectivity index (χ1v) is 5.52. The van der Waals surface area contributed by atoms with Crippen LogP contribution in [0.2, 0.25) is 0 Å². The molecule has 1 aromatic rings. The first-order chi connectivity index (χ1) is 6.86. The molecule has 14 heavy (non-hydrogen) atoms. The van der Waals surface area contributed by atoms with Crippen LogP contribution in [0.4, 0.5) is 0 Å². The number of aliphatic hydroxyl groups is 1. The largest absolute Gasteiger partial charge is 0.396 e. The summed E-state index contributed by atoms with van der Waals surface area (Å²) in [7, 11) is 0. The van der Waals surface area contributed by atoms with Gasteiger partial charge in [-0.15, -0.1) is 0 Å². The fourth-order valence-corrected chi connectivity index (χ4v) is 2.26. The molecule has 3 nitrogen and oxygen atoms in total. The molecule has 0 saturated carbocycles. The molecular formula is C11H18N2O. The van der Waals surface area contributed by atoms with E-state index in [1.54, 1.807) is 0 Å². The topological polar surface area (TPSA) is 38.0 Å². The zero-order valence-electron chi connectivity index (χ0n) is 8.74. The highest BCUT2D eigenvalue weighted by Gasteiger charge is 2.21. The summed E-state index contributed by atoms with van der Waals surface area (Å²) in [6.07, 6.45) is 6.42. The van der Waals surface area contributed by atoms with Crippen LogP contribution in [-0.2, 0) is 13.0 Å². The van der Waals surface area contributed by atoms with Crippen molar-refractivity contribution >= 4 is 0 Å². The van der Waals surface area contributed by atoms with E-state index >= 15 is 0 Å². The van der Waals surface area contributed by atoms with Crippen molar-refractivity contribution in [2.75, 3.05) is 6.61 Å². The predicted molar refractivity (Wildman–Crippen MR) is 55.3 cm³/mol. The first-order valence-electron chi connectivity index (χ1n) is 5.52. The van der Waals surface area contributed by atoms with Gasteiger partial charge in [0.15, 0.2) is 0 Å². The van der Waals surface area contributed by atoms with Crippen molar-refractivity contribution in [3.63, 3.8) is 0 Å². The molecule has 0 spiro atoms. The van der Waals surface area contributed by atoms with Gasteiger partial charge in [0.25, 0.3) is 0 Å². The third-order valence-electron chi connectivity index (χ3n) is 3.02. The highest BCUT2D eigenvalue weighted by molar-refractivity contribution is 5.13. The van der Waals surface area contributed by atoms with Gasteiger partial charge in [-0.2, -0.15) is 0 Å². The van der Waals surface area contributed by atoms with Crippen LogP contribution in [0.3, 0.4) is 0 Å². The van der Waals surface area contributed by atoms with Crippen LogP contribution in [0.5, 0.6) is 0 Å². The van der Waals surface area contributed by atoms with Crippen molar-refractivity contribution < 1.29 is 5.11 Å². The van der Waals surface area contributed by atoms with E-state index in [0.717, 1.165) is 25.8 Å². The lowest BCUT2D eigenvalue weighted by atomic mass is 9.97. The maximum absolute atomic E-state index is 9.24. The molecule has 3 heteroatoms. The van der Waals surface area contributed by atoms with Gasteiger partial charge in [-0.1, -0.05) is 6.92 Å². The number of fused-ring (bicyclic) bond motifs is 1. The van der Waals surface area contributed by atoms with Crippen LogP contribution >= 0.6 is 0 Å². The van der Waals surface area contributed by atoms with Crippen LogP contribution in [0, 0.1) is 0 Å². The van der Waals surface area contributed by atoms with Gasteiger partial charge in [0, 0.05) is 30.8 Å². The Balaban J connectivity index is 2.28. The van der Waals surface area contributed by atoms with E-state index in [1.165, 1.54) is 17.9 Å². The Morgan fingerprint density at radius 3 is 3.21 bits per heavy atom. The van der Waals surface area contributed by atoms with Crippen LogP contribution in [-0.4, -0.2) is 21.3 Å². The van der Waals surface area contributed by atoms with Gasteiger partial charge in [0.05, 0.1) is 6.61 Å². The molecule has 0 amide bonds. The number of aromatic nitrogens is 2. The lowest BCUT2D eigenvalue weighted by Gasteiger charge is -2.23. The predicted octanol–water partition coefficient (Wildman–Crippen LogP) is 1.71. The van der Waals surface area contributed by atoms with Crippen LogP contribution in [0.25, 0.3) is 0 Å². The Morgan fingerprint density at radius 2 is 2.50 bits per heavy atom. The van der Waals surface area contributed by atoms with Crippen LogP contribution < -0.4 is 0 Å². The van der Waals surface area contributed by atoms with E-state index in [-0.39, 0.29) is 6.61 Å². The molecule has 0 bridgehead atoms.